The summed E-state index contributed by atoms with van der Waals surface area (Å²) in [5, 5.41) is 13.2. The van der Waals surface area contributed by atoms with Crippen LogP contribution in [0, 0.1) is 18.3 Å². The minimum Gasteiger partial charge on any atom is -0.342 e. The maximum Gasteiger partial charge on any atom is 0.215 e. The predicted molar refractivity (Wildman–Crippen MR) is 71.7 cm³/mol. The summed E-state index contributed by atoms with van der Waals surface area (Å²) in [5.41, 5.74) is 2.57. The normalized spacial score (nSPS) is 17.0. The number of benzene rings is 1. The van der Waals surface area contributed by atoms with Gasteiger partial charge in [-0.2, -0.15) is 10.4 Å². The van der Waals surface area contributed by atoms with E-state index < -0.39 is 5.79 Å². The highest BCUT2D eigenvalue weighted by Gasteiger charge is 2.40. The molecule has 0 aliphatic carbocycles. The second-order valence-electron chi connectivity index (χ2n) is 4.79. The van der Waals surface area contributed by atoms with Crippen LogP contribution >= 0.6 is 0 Å². The first kappa shape index (κ1) is 12.9. The molecule has 102 valence electrons. The lowest BCUT2D eigenvalue weighted by Gasteiger charge is -2.29. The number of ether oxygens (including phenoxy) is 2. The molecule has 1 aliphatic rings. The molecule has 0 unspecified atom stereocenters. The van der Waals surface area contributed by atoms with Gasteiger partial charge in [-0.1, -0.05) is 6.07 Å². The van der Waals surface area contributed by atoms with Crippen molar-refractivity contribution in [2.24, 2.45) is 0 Å². The lowest BCUT2D eigenvalue weighted by molar-refractivity contribution is -0.178. The highest BCUT2D eigenvalue weighted by molar-refractivity contribution is 5.39. The van der Waals surface area contributed by atoms with Crippen molar-refractivity contribution in [2.75, 3.05) is 13.2 Å². The van der Waals surface area contributed by atoms with Gasteiger partial charge in [0, 0.05) is 18.0 Å². The van der Waals surface area contributed by atoms with E-state index in [1.807, 2.05) is 31.3 Å². The maximum absolute atomic E-state index is 8.96. The van der Waals surface area contributed by atoms with Gasteiger partial charge in [-0.25, -0.2) is 0 Å². The zero-order chi connectivity index (χ0) is 14.0. The monoisotopic (exact) mass is 269 g/mol. The summed E-state index contributed by atoms with van der Waals surface area (Å²) in [6, 6.07) is 9.56. The SMILES string of the molecule is Cc1cc(C#N)ccc1C1(Cn2cccn2)OCCO1. The zero-order valence-electron chi connectivity index (χ0n) is 11.2. The number of aryl methyl sites for hydroxylation is 1. The molecule has 1 aromatic carbocycles. The lowest BCUT2D eigenvalue weighted by Crippen LogP contribution is -2.33. The van der Waals surface area contributed by atoms with Gasteiger partial charge in [0.1, 0.15) is 0 Å². The second kappa shape index (κ2) is 5.08. The molecule has 0 bridgehead atoms. The fourth-order valence-electron chi connectivity index (χ4n) is 2.55. The van der Waals surface area contributed by atoms with Crippen LogP contribution in [0.1, 0.15) is 16.7 Å². The van der Waals surface area contributed by atoms with Crippen LogP contribution in [0.2, 0.25) is 0 Å². The van der Waals surface area contributed by atoms with Crippen molar-refractivity contribution >= 4 is 0 Å². The van der Waals surface area contributed by atoms with E-state index in [2.05, 4.69) is 11.2 Å². The fraction of sp³-hybridized carbons (Fsp3) is 0.333. The Labute approximate surface area is 117 Å². The fourth-order valence-corrected chi connectivity index (χ4v) is 2.55. The Bertz CT molecular complexity index is 638. The standard InChI is InChI=1S/C15H15N3O2/c1-12-9-13(10-16)3-4-14(12)15(19-7-8-20-15)11-18-6-2-5-17-18/h2-6,9H,7-8,11H2,1H3. The third kappa shape index (κ3) is 2.20. The van der Waals surface area contributed by atoms with Crippen LogP contribution in [0.5, 0.6) is 0 Å². The van der Waals surface area contributed by atoms with Crippen LogP contribution in [-0.2, 0) is 21.8 Å². The topological polar surface area (TPSA) is 60.1 Å². The van der Waals surface area contributed by atoms with Crippen LogP contribution in [0.4, 0.5) is 0 Å². The van der Waals surface area contributed by atoms with Crippen molar-refractivity contribution in [3.63, 3.8) is 0 Å². The van der Waals surface area contributed by atoms with Crippen LogP contribution < -0.4 is 0 Å². The van der Waals surface area contributed by atoms with E-state index in [9.17, 15) is 0 Å². The molecule has 2 aromatic rings. The van der Waals surface area contributed by atoms with Crippen LogP contribution in [0.25, 0.3) is 0 Å². The summed E-state index contributed by atoms with van der Waals surface area (Å²) in [5.74, 6) is -0.815. The minimum atomic E-state index is -0.815. The highest BCUT2D eigenvalue weighted by atomic mass is 16.7. The Morgan fingerprint density at radius 3 is 2.80 bits per heavy atom. The molecule has 1 aliphatic heterocycles. The third-order valence-corrected chi connectivity index (χ3v) is 3.45. The average Bonchev–Trinajstić information content (AvgIpc) is 3.11. The molecule has 20 heavy (non-hydrogen) atoms. The van der Waals surface area contributed by atoms with Crippen LogP contribution in [0.3, 0.4) is 0 Å². The molecule has 5 nitrogen and oxygen atoms in total. The first-order valence-corrected chi connectivity index (χ1v) is 6.50. The van der Waals surface area contributed by atoms with E-state index in [1.54, 1.807) is 16.9 Å². The first-order valence-electron chi connectivity index (χ1n) is 6.50. The van der Waals surface area contributed by atoms with E-state index in [1.165, 1.54) is 0 Å². The number of aromatic nitrogens is 2. The maximum atomic E-state index is 8.96. The van der Waals surface area contributed by atoms with Gasteiger partial charge in [0.2, 0.25) is 5.79 Å². The Kier molecular flexibility index (Phi) is 3.26. The molecular formula is C15H15N3O2. The van der Waals surface area contributed by atoms with Gasteiger partial charge in [-0.15, -0.1) is 0 Å². The van der Waals surface area contributed by atoms with Gasteiger partial charge in [0.05, 0.1) is 31.4 Å². The molecule has 0 atom stereocenters. The lowest BCUT2D eigenvalue weighted by atomic mass is 9.98. The van der Waals surface area contributed by atoms with Crippen LogP contribution in [-0.4, -0.2) is 23.0 Å². The minimum absolute atomic E-state index is 0.493. The molecule has 1 aromatic heterocycles. The molecule has 5 heteroatoms. The van der Waals surface area contributed by atoms with E-state index in [0.717, 1.165) is 11.1 Å². The van der Waals surface area contributed by atoms with E-state index in [0.29, 0.717) is 25.3 Å². The van der Waals surface area contributed by atoms with E-state index >= 15 is 0 Å². The van der Waals surface area contributed by atoms with E-state index in [4.69, 9.17) is 14.7 Å². The number of nitriles is 1. The van der Waals surface area contributed by atoms with E-state index in [-0.39, 0.29) is 0 Å². The summed E-state index contributed by atoms with van der Waals surface area (Å²) in [7, 11) is 0. The summed E-state index contributed by atoms with van der Waals surface area (Å²) < 4.78 is 13.6. The van der Waals surface area contributed by atoms with Gasteiger partial charge in [-0.05, 0) is 30.7 Å². The molecule has 3 rings (SSSR count). The largest absolute Gasteiger partial charge is 0.342 e. The molecule has 0 saturated carbocycles. The van der Waals surface area contributed by atoms with Crippen molar-refractivity contribution in [1.29, 1.82) is 5.26 Å². The molecule has 0 amide bonds. The quantitative estimate of drug-likeness (QED) is 0.854. The van der Waals surface area contributed by atoms with Crippen molar-refractivity contribution in [3.8, 4) is 6.07 Å². The molecule has 0 N–H and O–H groups in total. The highest BCUT2D eigenvalue weighted by Crippen LogP contribution is 2.35. The van der Waals surface area contributed by atoms with Crippen molar-refractivity contribution in [3.05, 3.63) is 53.3 Å². The summed E-state index contributed by atoms with van der Waals surface area (Å²) >= 11 is 0. The van der Waals surface area contributed by atoms with Crippen molar-refractivity contribution in [1.82, 2.24) is 9.78 Å². The number of nitrogens with zero attached hydrogens (tertiary/aromatic N) is 3. The summed E-state index contributed by atoms with van der Waals surface area (Å²) in [4.78, 5) is 0. The molecule has 2 heterocycles. The van der Waals surface area contributed by atoms with Crippen molar-refractivity contribution < 1.29 is 9.47 Å². The Morgan fingerprint density at radius 2 is 2.20 bits per heavy atom. The number of rotatable bonds is 3. The molecule has 0 radical (unpaired) electrons. The summed E-state index contributed by atoms with van der Waals surface area (Å²) in [6.45, 7) is 3.57. The Balaban J connectivity index is 2.00. The van der Waals surface area contributed by atoms with Crippen LogP contribution in [0.15, 0.2) is 36.7 Å². The second-order valence-corrected chi connectivity index (χ2v) is 4.79. The zero-order valence-corrected chi connectivity index (χ0v) is 11.2. The molecule has 0 spiro atoms. The average molecular weight is 269 g/mol. The smallest absolute Gasteiger partial charge is 0.215 e. The van der Waals surface area contributed by atoms with Gasteiger partial charge >= 0.3 is 0 Å². The molecule has 1 saturated heterocycles. The molecule has 1 fully saturated rings. The Hall–Kier alpha value is -2.16. The third-order valence-electron chi connectivity index (χ3n) is 3.45. The Morgan fingerprint density at radius 1 is 1.40 bits per heavy atom. The van der Waals surface area contributed by atoms with Gasteiger partial charge in [0.25, 0.3) is 0 Å². The molecular weight excluding hydrogens is 254 g/mol. The first-order chi connectivity index (χ1) is 9.73. The van der Waals surface area contributed by atoms with Gasteiger partial charge in [0.15, 0.2) is 0 Å². The van der Waals surface area contributed by atoms with Crippen molar-refractivity contribution in [2.45, 2.75) is 19.3 Å². The number of hydrogen-bond donors (Lipinski definition) is 0. The number of hydrogen-bond acceptors (Lipinski definition) is 4. The van der Waals surface area contributed by atoms with Gasteiger partial charge in [-0.3, -0.25) is 4.68 Å². The summed E-state index contributed by atoms with van der Waals surface area (Å²) in [6.07, 6.45) is 3.61. The predicted octanol–water partition coefficient (Wildman–Crippen LogP) is 1.96. The van der Waals surface area contributed by atoms with Gasteiger partial charge < -0.3 is 9.47 Å².